The zero-order valence-electron chi connectivity index (χ0n) is 16.6. The van der Waals surface area contributed by atoms with Crippen molar-refractivity contribution in [2.45, 2.75) is 60.8 Å². The Morgan fingerprint density at radius 2 is 1.76 bits per heavy atom. The quantitative estimate of drug-likeness (QED) is 0.439. The van der Waals surface area contributed by atoms with Crippen LogP contribution < -0.4 is 0 Å². The standard InChI is InChI=1S/C20H30O.C2H4OS/c1-16(8-6-9-17(2)13-15-21)11-12-19-18(3)10-7-14-20(19,4)5;1-2(3)4/h6,8-9,11-13,21H,7,10,14-15H2,1-5H3;1H3,(H,3,4). The van der Waals surface area contributed by atoms with Gasteiger partial charge < -0.3 is 10.2 Å². The average molecular weight is 363 g/mol. The molecule has 0 saturated heterocycles. The first-order valence-electron chi connectivity index (χ1n) is 8.80. The highest BCUT2D eigenvalue weighted by Crippen LogP contribution is 2.40. The lowest BCUT2D eigenvalue weighted by Gasteiger charge is -2.32. The van der Waals surface area contributed by atoms with E-state index in [9.17, 15) is 0 Å². The maximum absolute atomic E-state index is 8.81. The topological polar surface area (TPSA) is 40.5 Å². The number of aliphatic hydroxyl groups is 2. The van der Waals surface area contributed by atoms with E-state index in [-0.39, 0.29) is 11.7 Å². The van der Waals surface area contributed by atoms with Gasteiger partial charge in [0, 0.05) is 6.92 Å². The monoisotopic (exact) mass is 362 g/mol. The van der Waals surface area contributed by atoms with E-state index in [4.69, 9.17) is 10.2 Å². The summed E-state index contributed by atoms with van der Waals surface area (Å²) in [5.74, 6) is 0. The average Bonchev–Trinajstić information content (AvgIpc) is 2.45. The molecule has 0 fully saturated rings. The van der Waals surface area contributed by atoms with Crippen molar-refractivity contribution in [3.8, 4) is 0 Å². The van der Waals surface area contributed by atoms with Crippen LogP contribution in [0.5, 0.6) is 0 Å². The Bertz CT molecular complexity index is 583. The predicted octanol–water partition coefficient (Wildman–Crippen LogP) is 6.40. The van der Waals surface area contributed by atoms with Crippen LogP contribution in [0, 0.1) is 5.41 Å². The van der Waals surface area contributed by atoms with Crippen molar-refractivity contribution < 1.29 is 10.2 Å². The molecule has 0 bridgehead atoms. The van der Waals surface area contributed by atoms with Gasteiger partial charge in [-0.15, -0.1) is 0 Å². The van der Waals surface area contributed by atoms with Crippen molar-refractivity contribution in [3.05, 3.63) is 58.7 Å². The summed E-state index contributed by atoms with van der Waals surface area (Å²) in [6.07, 6.45) is 16.3. The van der Waals surface area contributed by atoms with Gasteiger partial charge in [0.25, 0.3) is 0 Å². The van der Waals surface area contributed by atoms with E-state index in [1.54, 1.807) is 6.08 Å². The third-order valence-electron chi connectivity index (χ3n) is 4.19. The van der Waals surface area contributed by atoms with Crippen LogP contribution in [0.15, 0.2) is 58.7 Å². The van der Waals surface area contributed by atoms with Gasteiger partial charge in [-0.3, -0.25) is 0 Å². The lowest BCUT2D eigenvalue weighted by atomic mass is 9.72. The molecule has 0 atom stereocenters. The first kappa shape index (κ1) is 23.5. The van der Waals surface area contributed by atoms with Crippen LogP contribution >= 0.6 is 12.2 Å². The second-order valence-electron chi connectivity index (χ2n) is 7.18. The second kappa shape index (κ2) is 12.0. The lowest BCUT2D eigenvalue weighted by Crippen LogP contribution is -2.19. The first-order valence-corrected chi connectivity index (χ1v) is 9.21. The van der Waals surface area contributed by atoms with Gasteiger partial charge in [0.1, 0.15) is 0 Å². The van der Waals surface area contributed by atoms with Crippen LogP contribution in [0.1, 0.15) is 60.8 Å². The Kier molecular flexibility index (Phi) is 11.3. The highest BCUT2D eigenvalue weighted by atomic mass is 32.1. The fourth-order valence-corrected chi connectivity index (χ4v) is 2.84. The molecule has 0 spiro atoms. The Morgan fingerprint density at radius 3 is 2.28 bits per heavy atom. The van der Waals surface area contributed by atoms with Crippen molar-refractivity contribution >= 4 is 17.3 Å². The maximum Gasteiger partial charge on any atom is 0.153 e. The summed E-state index contributed by atoms with van der Waals surface area (Å²) in [5, 5.41) is 16.6. The minimum Gasteiger partial charge on any atom is -0.502 e. The van der Waals surface area contributed by atoms with E-state index in [0.717, 1.165) is 5.57 Å². The molecular weight excluding hydrogens is 328 g/mol. The third kappa shape index (κ3) is 10.9. The molecule has 140 valence electrons. The van der Waals surface area contributed by atoms with E-state index in [1.165, 1.54) is 42.9 Å². The van der Waals surface area contributed by atoms with Gasteiger partial charge in [-0.1, -0.05) is 67.0 Å². The molecule has 1 aliphatic carbocycles. The molecule has 0 saturated carbocycles. The van der Waals surface area contributed by atoms with Gasteiger partial charge >= 0.3 is 0 Å². The molecule has 1 aliphatic rings. The molecule has 25 heavy (non-hydrogen) atoms. The summed E-state index contributed by atoms with van der Waals surface area (Å²) in [4.78, 5) is 0. The van der Waals surface area contributed by atoms with E-state index >= 15 is 0 Å². The predicted molar refractivity (Wildman–Crippen MR) is 114 cm³/mol. The van der Waals surface area contributed by atoms with E-state index < -0.39 is 0 Å². The van der Waals surface area contributed by atoms with Crippen LogP contribution in [-0.2, 0) is 0 Å². The normalized spacial score (nSPS) is 18.5. The number of rotatable bonds is 5. The van der Waals surface area contributed by atoms with Gasteiger partial charge in [-0.25, -0.2) is 0 Å². The van der Waals surface area contributed by atoms with Gasteiger partial charge in [-0.05, 0) is 63.2 Å². The molecule has 0 aromatic carbocycles. The van der Waals surface area contributed by atoms with Crippen molar-refractivity contribution in [1.29, 1.82) is 0 Å². The van der Waals surface area contributed by atoms with Crippen molar-refractivity contribution in [3.63, 3.8) is 0 Å². The molecule has 0 aliphatic heterocycles. The van der Waals surface area contributed by atoms with E-state index in [2.05, 4.69) is 58.1 Å². The molecule has 0 amide bonds. The van der Waals surface area contributed by atoms with Crippen LogP contribution in [0.25, 0.3) is 0 Å². The van der Waals surface area contributed by atoms with Gasteiger partial charge in [0.05, 0.1) is 6.61 Å². The van der Waals surface area contributed by atoms with Gasteiger partial charge in [0.2, 0.25) is 0 Å². The highest BCUT2D eigenvalue weighted by Gasteiger charge is 2.26. The first-order chi connectivity index (χ1) is 11.6. The molecule has 0 unspecified atom stereocenters. The fourth-order valence-electron chi connectivity index (χ4n) is 2.84. The number of thiocarbonyl (C=S) groups is 1. The van der Waals surface area contributed by atoms with Crippen LogP contribution in [0.2, 0.25) is 0 Å². The molecule has 3 heteroatoms. The number of hydrogen-bond acceptors (Lipinski definition) is 2. The Balaban J connectivity index is 0.00000129. The SMILES string of the molecule is CC(C=CC1=C(C)CCCC1(C)C)=CC=CC(C)=CCO.CC(O)=S. The van der Waals surface area contributed by atoms with Gasteiger partial charge in [-0.2, -0.15) is 0 Å². The summed E-state index contributed by atoms with van der Waals surface area (Å²) < 4.78 is 0. The summed E-state index contributed by atoms with van der Waals surface area (Å²) in [6.45, 7) is 12.6. The lowest BCUT2D eigenvalue weighted by molar-refractivity contribution is 0.342. The fraction of sp³-hybridized carbons (Fsp3) is 0.500. The summed E-state index contributed by atoms with van der Waals surface area (Å²) in [5.41, 5.74) is 5.66. The molecule has 2 N–H and O–H groups in total. The molecular formula is C22H34O2S. The minimum absolute atomic E-state index is 0.000000000000000222. The molecule has 0 radical (unpaired) electrons. The summed E-state index contributed by atoms with van der Waals surface area (Å²) in [6, 6.07) is 0. The zero-order valence-corrected chi connectivity index (χ0v) is 17.4. The summed E-state index contributed by atoms with van der Waals surface area (Å²) >= 11 is 4.09. The molecule has 1 rings (SSSR count). The van der Waals surface area contributed by atoms with Crippen molar-refractivity contribution in [1.82, 2.24) is 0 Å². The number of aliphatic hydroxyl groups excluding tert-OH is 2. The number of allylic oxidation sites excluding steroid dienone is 9. The smallest absolute Gasteiger partial charge is 0.153 e. The Morgan fingerprint density at radius 1 is 1.16 bits per heavy atom. The highest BCUT2D eigenvalue weighted by molar-refractivity contribution is 7.79. The largest absolute Gasteiger partial charge is 0.502 e. The number of hydrogen-bond donors (Lipinski definition) is 2. The molecule has 0 heterocycles. The summed E-state index contributed by atoms with van der Waals surface area (Å²) in [7, 11) is 0. The van der Waals surface area contributed by atoms with Gasteiger partial charge in [0.15, 0.2) is 5.05 Å². The zero-order chi connectivity index (χ0) is 19.5. The Hall–Kier alpha value is -1.45. The van der Waals surface area contributed by atoms with E-state index in [0.29, 0.717) is 5.41 Å². The maximum atomic E-state index is 8.81. The van der Waals surface area contributed by atoms with Crippen molar-refractivity contribution in [2.75, 3.05) is 6.61 Å². The second-order valence-corrected chi connectivity index (χ2v) is 7.78. The minimum atomic E-state index is 0.000000000000000222. The van der Waals surface area contributed by atoms with Crippen LogP contribution in [-0.4, -0.2) is 21.9 Å². The van der Waals surface area contributed by atoms with E-state index in [1.807, 2.05) is 19.1 Å². The molecule has 0 aromatic heterocycles. The Labute approximate surface area is 159 Å². The van der Waals surface area contributed by atoms with Crippen molar-refractivity contribution in [2.24, 2.45) is 5.41 Å². The van der Waals surface area contributed by atoms with Crippen LogP contribution in [0.3, 0.4) is 0 Å². The van der Waals surface area contributed by atoms with Crippen LogP contribution in [0.4, 0.5) is 0 Å². The molecule has 0 aromatic rings. The third-order valence-corrected chi connectivity index (χ3v) is 4.19. The molecule has 2 nitrogen and oxygen atoms in total.